The molecule has 0 bridgehead atoms. The van der Waals surface area contributed by atoms with Crippen molar-refractivity contribution in [3.8, 4) is 11.3 Å². The van der Waals surface area contributed by atoms with Gasteiger partial charge >= 0.3 is 0 Å². The van der Waals surface area contributed by atoms with Crippen molar-refractivity contribution in [3.63, 3.8) is 0 Å². The van der Waals surface area contributed by atoms with Crippen molar-refractivity contribution < 1.29 is 9.21 Å². The Bertz CT molecular complexity index is 1090. The third kappa shape index (κ3) is 4.12. The van der Waals surface area contributed by atoms with Crippen LogP contribution in [0, 0.1) is 0 Å². The molecule has 0 aliphatic heterocycles. The van der Waals surface area contributed by atoms with E-state index in [4.69, 9.17) is 4.42 Å². The number of nitrogens with one attached hydrogen (secondary N) is 1. The number of aryl methyl sites for hydroxylation is 1. The molecule has 1 N–H and O–H groups in total. The number of hydrogen-bond acceptors (Lipinski definition) is 3. The number of aromatic nitrogens is 1. The van der Waals surface area contributed by atoms with Gasteiger partial charge in [-0.1, -0.05) is 66.7 Å². The van der Waals surface area contributed by atoms with E-state index in [1.165, 1.54) is 10.8 Å². The zero-order chi connectivity index (χ0) is 19.3. The molecule has 1 heterocycles. The molecule has 0 aliphatic rings. The highest BCUT2D eigenvalue weighted by atomic mass is 16.4. The number of hydrogen-bond donors (Lipinski definition) is 1. The standard InChI is InChI=1S/C24H22N2O2/c1-17(20-12-11-18-7-5-6-10-21(18)15-20)26-23(27)13-14-24-25-16-22(28-24)19-8-3-2-4-9-19/h2-12,15-17H,13-14H2,1H3,(H,26,27)/t17-/m1/s1. The van der Waals surface area contributed by atoms with Crippen molar-refractivity contribution in [1.82, 2.24) is 10.3 Å². The third-order valence-electron chi connectivity index (χ3n) is 4.83. The van der Waals surface area contributed by atoms with Gasteiger partial charge in [0.05, 0.1) is 12.2 Å². The van der Waals surface area contributed by atoms with E-state index in [0.29, 0.717) is 18.7 Å². The Labute approximate surface area is 164 Å². The smallest absolute Gasteiger partial charge is 0.220 e. The molecule has 0 spiro atoms. The van der Waals surface area contributed by atoms with Gasteiger partial charge in [0.25, 0.3) is 0 Å². The molecule has 0 saturated carbocycles. The van der Waals surface area contributed by atoms with Gasteiger partial charge in [-0.3, -0.25) is 4.79 Å². The summed E-state index contributed by atoms with van der Waals surface area (Å²) in [6, 6.07) is 24.3. The highest BCUT2D eigenvalue weighted by Crippen LogP contribution is 2.22. The molecule has 0 unspecified atom stereocenters. The summed E-state index contributed by atoms with van der Waals surface area (Å²) in [6.45, 7) is 2.00. The average molecular weight is 370 g/mol. The van der Waals surface area contributed by atoms with Gasteiger partial charge in [0.1, 0.15) is 0 Å². The van der Waals surface area contributed by atoms with Crippen LogP contribution >= 0.6 is 0 Å². The minimum atomic E-state index is -0.0541. The second-order valence-electron chi connectivity index (χ2n) is 6.88. The highest BCUT2D eigenvalue weighted by Gasteiger charge is 2.12. The van der Waals surface area contributed by atoms with Crippen LogP contribution < -0.4 is 5.32 Å². The fourth-order valence-corrected chi connectivity index (χ4v) is 3.26. The van der Waals surface area contributed by atoms with Crippen molar-refractivity contribution in [2.45, 2.75) is 25.8 Å². The first kappa shape index (κ1) is 18.0. The topological polar surface area (TPSA) is 55.1 Å². The van der Waals surface area contributed by atoms with Crippen LogP contribution in [0.4, 0.5) is 0 Å². The van der Waals surface area contributed by atoms with Crippen molar-refractivity contribution in [3.05, 3.63) is 90.4 Å². The van der Waals surface area contributed by atoms with Gasteiger partial charge in [-0.05, 0) is 29.3 Å². The molecule has 1 amide bonds. The summed E-state index contributed by atoms with van der Waals surface area (Å²) in [5, 5.41) is 5.43. The van der Waals surface area contributed by atoms with E-state index < -0.39 is 0 Å². The van der Waals surface area contributed by atoms with E-state index in [-0.39, 0.29) is 11.9 Å². The molecular formula is C24H22N2O2. The fraction of sp³-hybridized carbons (Fsp3) is 0.167. The van der Waals surface area contributed by atoms with E-state index >= 15 is 0 Å². The number of fused-ring (bicyclic) bond motifs is 1. The summed E-state index contributed by atoms with van der Waals surface area (Å²) in [5.41, 5.74) is 2.07. The molecule has 28 heavy (non-hydrogen) atoms. The van der Waals surface area contributed by atoms with Crippen LogP contribution in [-0.4, -0.2) is 10.9 Å². The predicted octanol–water partition coefficient (Wildman–Crippen LogP) is 5.30. The number of nitrogens with zero attached hydrogens (tertiary/aromatic N) is 1. The maximum Gasteiger partial charge on any atom is 0.220 e. The van der Waals surface area contributed by atoms with Crippen molar-refractivity contribution in [2.24, 2.45) is 0 Å². The molecule has 4 heteroatoms. The SMILES string of the molecule is C[C@@H](NC(=O)CCc1ncc(-c2ccccc2)o1)c1ccc2ccccc2c1. The van der Waals surface area contributed by atoms with Crippen LogP contribution in [0.25, 0.3) is 22.1 Å². The highest BCUT2D eigenvalue weighted by molar-refractivity contribution is 5.83. The molecule has 0 aliphatic carbocycles. The minimum Gasteiger partial charge on any atom is -0.441 e. The van der Waals surface area contributed by atoms with Crippen LogP contribution in [0.1, 0.15) is 30.8 Å². The lowest BCUT2D eigenvalue weighted by Crippen LogP contribution is -2.26. The zero-order valence-electron chi connectivity index (χ0n) is 15.8. The summed E-state index contributed by atoms with van der Waals surface area (Å²) in [5.74, 6) is 1.29. The monoisotopic (exact) mass is 370 g/mol. The maximum atomic E-state index is 12.4. The Morgan fingerprint density at radius 3 is 2.57 bits per heavy atom. The second-order valence-corrected chi connectivity index (χ2v) is 6.88. The Morgan fingerprint density at radius 2 is 1.75 bits per heavy atom. The maximum absolute atomic E-state index is 12.4. The van der Waals surface area contributed by atoms with Crippen molar-refractivity contribution >= 4 is 16.7 Å². The molecule has 3 aromatic carbocycles. The van der Waals surface area contributed by atoms with E-state index in [2.05, 4.69) is 40.6 Å². The normalized spacial score (nSPS) is 12.0. The number of amides is 1. The lowest BCUT2D eigenvalue weighted by Gasteiger charge is -2.15. The van der Waals surface area contributed by atoms with E-state index in [0.717, 1.165) is 16.9 Å². The quantitative estimate of drug-likeness (QED) is 0.501. The van der Waals surface area contributed by atoms with Gasteiger partial charge in [-0.2, -0.15) is 0 Å². The molecule has 140 valence electrons. The van der Waals surface area contributed by atoms with E-state index in [1.54, 1.807) is 6.20 Å². The van der Waals surface area contributed by atoms with E-state index in [1.807, 2.05) is 49.4 Å². The van der Waals surface area contributed by atoms with E-state index in [9.17, 15) is 4.79 Å². The second kappa shape index (κ2) is 8.09. The summed E-state index contributed by atoms with van der Waals surface area (Å²) in [7, 11) is 0. The predicted molar refractivity (Wildman–Crippen MR) is 111 cm³/mol. The Kier molecular flexibility index (Phi) is 5.20. The average Bonchev–Trinajstić information content (AvgIpc) is 3.22. The number of rotatable bonds is 6. The number of carbonyl (C=O) groups excluding carboxylic acids is 1. The first-order valence-electron chi connectivity index (χ1n) is 9.47. The summed E-state index contributed by atoms with van der Waals surface area (Å²) in [6.07, 6.45) is 2.52. The van der Waals surface area contributed by atoms with Crippen LogP contribution in [0.15, 0.2) is 83.4 Å². The minimum absolute atomic E-state index is 0.0138. The van der Waals surface area contributed by atoms with Crippen LogP contribution in [0.5, 0.6) is 0 Å². The van der Waals surface area contributed by atoms with Gasteiger partial charge < -0.3 is 9.73 Å². The third-order valence-corrected chi connectivity index (χ3v) is 4.83. The van der Waals surface area contributed by atoms with Gasteiger partial charge in [0.15, 0.2) is 11.7 Å². The summed E-state index contributed by atoms with van der Waals surface area (Å²) < 4.78 is 5.77. The summed E-state index contributed by atoms with van der Waals surface area (Å²) >= 11 is 0. The van der Waals surface area contributed by atoms with Gasteiger partial charge in [-0.25, -0.2) is 4.98 Å². The molecule has 1 aromatic heterocycles. The molecule has 4 aromatic rings. The summed E-state index contributed by atoms with van der Waals surface area (Å²) in [4.78, 5) is 16.6. The Balaban J connectivity index is 1.34. The lowest BCUT2D eigenvalue weighted by molar-refractivity contribution is -0.121. The van der Waals surface area contributed by atoms with Gasteiger partial charge in [0.2, 0.25) is 5.91 Å². The van der Waals surface area contributed by atoms with Crippen LogP contribution in [0.3, 0.4) is 0 Å². The van der Waals surface area contributed by atoms with Crippen LogP contribution in [-0.2, 0) is 11.2 Å². The van der Waals surface area contributed by atoms with Crippen LogP contribution in [0.2, 0.25) is 0 Å². The molecule has 4 nitrogen and oxygen atoms in total. The van der Waals surface area contributed by atoms with Gasteiger partial charge in [-0.15, -0.1) is 0 Å². The number of carbonyl (C=O) groups is 1. The molecule has 0 saturated heterocycles. The largest absolute Gasteiger partial charge is 0.441 e. The van der Waals surface area contributed by atoms with Gasteiger partial charge in [0, 0.05) is 18.4 Å². The first-order valence-corrected chi connectivity index (χ1v) is 9.47. The number of oxazole rings is 1. The number of benzene rings is 3. The first-order chi connectivity index (χ1) is 13.7. The van der Waals surface area contributed by atoms with Crippen molar-refractivity contribution in [2.75, 3.05) is 0 Å². The Hall–Kier alpha value is -3.40. The molecule has 1 atom stereocenters. The zero-order valence-corrected chi connectivity index (χ0v) is 15.8. The molecule has 4 rings (SSSR count). The molecule has 0 radical (unpaired) electrons. The Morgan fingerprint density at radius 1 is 1.00 bits per heavy atom. The van der Waals surface area contributed by atoms with Crippen molar-refractivity contribution in [1.29, 1.82) is 0 Å². The molecule has 0 fully saturated rings. The molecular weight excluding hydrogens is 348 g/mol. The lowest BCUT2D eigenvalue weighted by atomic mass is 10.0. The fourth-order valence-electron chi connectivity index (χ4n) is 3.26.